The number of thioether (sulfide) groups is 1. The van der Waals surface area contributed by atoms with Crippen LogP contribution in [-0.2, 0) is 12.3 Å². The molecular formula is C17H23N3S. The first-order valence-electron chi connectivity index (χ1n) is 7.70. The number of benzene rings is 1. The van der Waals surface area contributed by atoms with Gasteiger partial charge in [-0.15, -0.1) is 11.8 Å². The van der Waals surface area contributed by atoms with Gasteiger partial charge in [0.15, 0.2) is 0 Å². The molecule has 1 fully saturated rings. The number of aromatic nitrogens is 2. The highest BCUT2D eigenvalue weighted by Gasteiger charge is 2.19. The molecule has 1 aromatic carbocycles. The van der Waals surface area contributed by atoms with Gasteiger partial charge in [0.05, 0.1) is 5.69 Å². The Morgan fingerprint density at radius 1 is 1.24 bits per heavy atom. The van der Waals surface area contributed by atoms with E-state index in [1.807, 2.05) is 16.4 Å². The zero-order valence-corrected chi connectivity index (χ0v) is 13.6. The van der Waals surface area contributed by atoms with E-state index in [9.17, 15) is 0 Å². The van der Waals surface area contributed by atoms with E-state index in [0.717, 1.165) is 24.0 Å². The topological polar surface area (TPSA) is 29.9 Å². The highest BCUT2D eigenvalue weighted by atomic mass is 32.2. The summed E-state index contributed by atoms with van der Waals surface area (Å²) in [5, 5.41) is 8.13. The Kier molecular flexibility index (Phi) is 4.66. The van der Waals surface area contributed by atoms with Crippen LogP contribution >= 0.6 is 11.8 Å². The maximum atomic E-state index is 4.58. The van der Waals surface area contributed by atoms with E-state index in [-0.39, 0.29) is 0 Å². The monoisotopic (exact) mass is 301 g/mol. The summed E-state index contributed by atoms with van der Waals surface area (Å²) in [5.41, 5.74) is 2.52. The lowest BCUT2D eigenvalue weighted by molar-refractivity contribution is 0.529. The maximum Gasteiger partial charge on any atom is 0.0727 e. The largest absolute Gasteiger partial charge is 0.310 e. The van der Waals surface area contributed by atoms with Gasteiger partial charge in [0.2, 0.25) is 0 Å². The van der Waals surface area contributed by atoms with Gasteiger partial charge >= 0.3 is 0 Å². The molecule has 0 radical (unpaired) electrons. The molecule has 2 aromatic rings. The van der Waals surface area contributed by atoms with Crippen molar-refractivity contribution in [1.29, 1.82) is 0 Å². The summed E-state index contributed by atoms with van der Waals surface area (Å²) in [6.45, 7) is 5.30. The summed E-state index contributed by atoms with van der Waals surface area (Å²) in [6, 6.07) is 12.2. The Bertz CT molecular complexity index is 570. The first-order valence-corrected chi connectivity index (χ1v) is 8.68. The Morgan fingerprint density at radius 3 is 2.62 bits per heavy atom. The minimum absolute atomic E-state index is 0.432. The Hall–Kier alpha value is -1.26. The van der Waals surface area contributed by atoms with Crippen molar-refractivity contribution >= 4 is 11.8 Å². The van der Waals surface area contributed by atoms with Crippen LogP contribution in [0.25, 0.3) is 0 Å². The molecule has 21 heavy (non-hydrogen) atoms. The average molecular weight is 301 g/mol. The highest BCUT2D eigenvalue weighted by Crippen LogP contribution is 2.23. The molecular weight excluding hydrogens is 278 g/mol. The third-order valence-electron chi connectivity index (χ3n) is 3.67. The van der Waals surface area contributed by atoms with Gasteiger partial charge in [0.25, 0.3) is 0 Å². The smallest absolute Gasteiger partial charge is 0.0727 e. The lowest BCUT2D eigenvalue weighted by Crippen LogP contribution is -2.14. The zero-order chi connectivity index (χ0) is 14.7. The molecule has 1 heterocycles. The van der Waals surface area contributed by atoms with Gasteiger partial charge in [-0.25, -0.2) is 0 Å². The van der Waals surface area contributed by atoms with Crippen molar-refractivity contribution in [2.24, 2.45) is 0 Å². The van der Waals surface area contributed by atoms with Crippen molar-refractivity contribution in [3.05, 3.63) is 47.8 Å². The fourth-order valence-electron chi connectivity index (χ4n) is 2.15. The molecule has 3 rings (SSSR count). The molecule has 0 saturated heterocycles. The fraction of sp³-hybridized carbons (Fsp3) is 0.471. The highest BCUT2D eigenvalue weighted by molar-refractivity contribution is 7.98. The maximum absolute atomic E-state index is 4.58. The minimum Gasteiger partial charge on any atom is -0.310 e. The van der Waals surface area contributed by atoms with Crippen LogP contribution in [0.1, 0.15) is 44.0 Å². The molecule has 3 nitrogen and oxygen atoms in total. The van der Waals surface area contributed by atoms with Gasteiger partial charge in [-0.05, 0) is 50.5 Å². The van der Waals surface area contributed by atoms with Crippen LogP contribution in [0.3, 0.4) is 0 Å². The van der Waals surface area contributed by atoms with Crippen LogP contribution < -0.4 is 5.32 Å². The second-order valence-electron chi connectivity index (χ2n) is 5.97. The molecule has 0 unspecified atom stereocenters. The van der Waals surface area contributed by atoms with Crippen LogP contribution in [0.4, 0.5) is 0 Å². The molecule has 0 bridgehead atoms. The lowest BCUT2D eigenvalue weighted by atomic mass is 10.2. The van der Waals surface area contributed by atoms with E-state index in [1.54, 1.807) is 0 Å². The van der Waals surface area contributed by atoms with Gasteiger partial charge in [-0.2, -0.15) is 5.10 Å². The zero-order valence-electron chi connectivity index (χ0n) is 12.7. The number of rotatable bonds is 7. The van der Waals surface area contributed by atoms with E-state index in [0.29, 0.717) is 6.04 Å². The van der Waals surface area contributed by atoms with Crippen molar-refractivity contribution in [2.75, 3.05) is 0 Å². The van der Waals surface area contributed by atoms with Crippen molar-refractivity contribution in [3.8, 4) is 0 Å². The van der Waals surface area contributed by atoms with Crippen LogP contribution in [-0.4, -0.2) is 15.8 Å². The second-order valence-corrected chi connectivity index (χ2v) is 7.02. The number of hydrogen-bond acceptors (Lipinski definition) is 3. The average Bonchev–Trinajstić information content (AvgIpc) is 3.19. The predicted octanol–water partition coefficient (Wildman–Crippen LogP) is 4.01. The lowest BCUT2D eigenvalue weighted by Gasteiger charge is -2.05. The van der Waals surface area contributed by atoms with E-state index in [1.165, 1.54) is 23.3 Å². The summed E-state index contributed by atoms with van der Waals surface area (Å²) in [5.74, 6) is 0.930. The fourth-order valence-corrected chi connectivity index (χ4v) is 2.95. The molecule has 1 saturated carbocycles. The molecule has 0 spiro atoms. The van der Waals surface area contributed by atoms with Gasteiger partial charge < -0.3 is 5.32 Å². The predicted molar refractivity (Wildman–Crippen MR) is 88.5 cm³/mol. The third-order valence-corrected chi connectivity index (χ3v) is 4.72. The van der Waals surface area contributed by atoms with Crippen molar-refractivity contribution in [2.45, 2.75) is 56.0 Å². The van der Waals surface area contributed by atoms with Gasteiger partial charge in [-0.1, -0.05) is 12.1 Å². The molecule has 0 aliphatic heterocycles. The number of nitrogens with one attached hydrogen (secondary N) is 1. The molecule has 1 aliphatic rings. The standard InChI is InChI=1S/C17H23N3S/c1-13(2)20-10-9-16(19-20)12-21-17-7-3-14(4-8-17)11-18-15-5-6-15/h3-4,7-10,13,15,18H,5-6,11-12H2,1-2H3. The molecule has 1 N–H and O–H groups in total. The number of hydrogen-bond donors (Lipinski definition) is 1. The molecule has 112 valence electrons. The van der Waals surface area contributed by atoms with Crippen LogP contribution in [0.2, 0.25) is 0 Å². The normalized spacial score (nSPS) is 14.8. The summed E-state index contributed by atoms with van der Waals surface area (Å²) in [4.78, 5) is 1.31. The summed E-state index contributed by atoms with van der Waals surface area (Å²) in [7, 11) is 0. The van der Waals surface area contributed by atoms with E-state index in [2.05, 4.69) is 60.8 Å². The Morgan fingerprint density at radius 2 is 2.00 bits per heavy atom. The first-order chi connectivity index (χ1) is 10.2. The SMILES string of the molecule is CC(C)n1ccc(CSc2ccc(CNC3CC3)cc2)n1. The molecule has 1 aliphatic carbocycles. The van der Waals surface area contributed by atoms with Crippen LogP contribution in [0, 0.1) is 0 Å². The van der Waals surface area contributed by atoms with E-state index < -0.39 is 0 Å². The second kappa shape index (κ2) is 6.67. The van der Waals surface area contributed by atoms with Gasteiger partial charge in [0, 0.05) is 35.5 Å². The van der Waals surface area contributed by atoms with Crippen LogP contribution in [0.15, 0.2) is 41.4 Å². The Labute approximate surface area is 131 Å². The summed E-state index contributed by atoms with van der Waals surface area (Å²) < 4.78 is 2.02. The summed E-state index contributed by atoms with van der Waals surface area (Å²) in [6.07, 6.45) is 4.75. The number of nitrogens with zero attached hydrogens (tertiary/aromatic N) is 2. The first kappa shape index (κ1) is 14.7. The Balaban J connectivity index is 1.49. The quantitative estimate of drug-likeness (QED) is 0.784. The molecule has 1 aromatic heterocycles. The molecule has 0 amide bonds. The van der Waals surface area contributed by atoms with Crippen molar-refractivity contribution in [1.82, 2.24) is 15.1 Å². The van der Waals surface area contributed by atoms with Crippen molar-refractivity contribution < 1.29 is 0 Å². The molecule has 0 atom stereocenters. The minimum atomic E-state index is 0.432. The van der Waals surface area contributed by atoms with Crippen LogP contribution in [0.5, 0.6) is 0 Å². The summed E-state index contributed by atoms with van der Waals surface area (Å²) >= 11 is 1.85. The van der Waals surface area contributed by atoms with Crippen molar-refractivity contribution in [3.63, 3.8) is 0 Å². The molecule has 4 heteroatoms. The van der Waals surface area contributed by atoms with E-state index >= 15 is 0 Å². The van der Waals surface area contributed by atoms with Gasteiger partial charge in [-0.3, -0.25) is 4.68 Å². The third kappa shape index (κ3) is 4.35. The van der Waals surface area contributed by atoms with Gasteiger partial charge in [0.1, 0.15) is 0 Å². The van der Waals surface area contributed by atoms with E-state index in [4.69, 9.17) is 0 Å².